The molecule has 0 bridgehead atoms. The second-order valence-electron chi connectivity index (χ2n) is 0.890. The van der Waals surface area contributed by atoms with Gasteiger partial charge in [0.15, 0.2) is 0 Å². The van der Waals surface area contributed by atoms with Crippen molar-refractivity contribution in [3.05, 3.63) is 0 Å². The van der Waals surface area contributed by atoms with Crippen molar-refractivity contribution in [3.63, 3.8) is 0 Å². The summed E-state index contributed by atoms with van der Waals surface area (Å²) < 4.78 is -1.63. The van der Waals surface area contributed by atoms with Gasteiger partial charge >= 0.3 is 4.67 Å². The highest BCUT2D eigenvalue weighted by Crippen LogP contribution is 2.45. The summed E-state index contributed by atoms with van der Waals surface area (Å²) in [7, 11) is 4.85. The fourth-order valence-electron chi connectivity index (χ4n) is 0.124. The topological polar surface area (TPSA) is 0 Å². The number of rotatable bonds is 3. The lowest BCUT2D eigenvalue weighted by Crippen LogP contribution is -2.02. The van der Waals surface area contributed by atoms with Crippen molar-refractivity contribution in [3.8, 4) is 0 Å². The Labute approximate surface area is 77.3 Å². The first-order chi connectivity index (χ1) is 3.62. The molecule has 0 saturated heterocycles. The predicted molar refractivity (Wildman–Crippen MR) is 61.4 cm³/mol. The molecule has 0 heterocycles. The Morgan fingerprint density at radius 1 is 1.38 bits per heavy atom. The van der Waals surface area contributed by atoms with Crippen molar-refractivity contribution < 1.29 is 0 Å². The number of hydrogen-bond acceptors (Lipinski definition) is 6. The van der Waals surface area contributed by atoms with Crippen LogP contribution in [0.25, 0.3) is 0 Å². The molecule has 0 rings (SSSR count). The molecule has 8 heavy (non-hydrogen) atoms. The highest BCUT2D eigenvalue weighted by atomic mass is 33.4. The number of thiol groups is 3. The van der Waals surface area contributed by atoms with Crippen LogP contribution in [0.1, 0.15) is 0 Å². The van der Waals surface area contributed by atoms with Crippen LogP contribution in [0.15, 0.2) is 0 Å². The molecule has 7 heteroatoms. The van der Waals surface area contributed by atoms with Crippen LogP contribution in [0.2, 0.25) is 0 Å². The summed E-state index contributed by atoms with van der Waals surface area (Å²) in [4.78, 5) is 0. The Morgan fingerprint density at radius 2 is 1.88 bits per heavy atom. The molecule has 0 amide bonds. The van der Waals surface area contributed by atoms with Gasteiger partial charge in [-0.1, -0.05) is 20.5 Å². The van der Waals surface area contributed by atoms with Crippen LogP contribution >= 0.6 is 67.1 Å². The monoisotopic (exact) mass is 238 g/mol. The van der Waals surface area contributed by atoms with E-state index in [2.05, 4.69) is 35.8 Å². The molecule has 0 aliphatic rings. The van der Waals surface area contributed by atoms with E-state index in [1.165, 1.54) is 10.2 Å². The molecule has 0 aromatic rings. The maximum atomic E-state index is 4.30. The van der Waals surface area contributed by atoms with Crippen LogP contribution in [0.4, 0.5) is 0 Å². The van der Waals surface area contributed by atoms with E-state index in [0.29, 0.717) is 0 Å². The summed E-state index contributed by atoms with van der Waals surface area (Å²) >= 11 is 12.6. The molecule has 50 valence electrons. The molecule has 0 aromatic heterocycles. The van der Waals surface area contributed by atoms with Crippen LogP contribution in [-0.2, 0) is 0 Å². The zero-order valence-corrected chi connectivity index (χ0v) is 10.2. The fraction of sp³-hybridized carbons (Fsp3) is 1.00. The van der Waals surface area contributed by atoms with Gasteiger partial charge in [0.25, 0.3) is 0 Å². The molecule has 0 aliphatic heterocycles. The molecule has 0 saturated carbocycles. The third-order valence-electron chi connectivity index (χ3n) is 0.311. The molecule has 0 N–H and O–H groups in total. The van der Waals surface area contributed by atoms with E-state index in [1.54, 1.807) is 21.0 Å². The van der Waals surface area contributed by atoms with Gasteiger partial charge in [0.05, 0.1) is 0 Å². The smallest absolute Gasteiger partial charge is 0.168 e. The van der Waals surface area contributed by atoms with Crippen LogP contribution in [0.3, 0.4) is 0 Å². The third kappa shape index (κ3) is 5.13. The molecule has 0 radical (unpaired) electrons. The lowest BCUT2D eigenvalue weighted by atomic mass is 12.0. The second kappa shape index (κ2) is 5.03. The Morgan fingerprint density at radius 3 is 2.00 bits per heavy atom. The van der Waals surface area contributed by atoms with E-state index >= 15 is 0 Å². The highest BCUT2D eigenvalue weighted by molar-refractivity contribution is 9.18. The van der Waals surface area contributed by atoms with Gasteiger partial charge in [0.2, 0.25) is 0 Å². The molecular weight excluding hydrogens is 232 g/mol. The zero-order valence-electron chi connectivity index (χ0n) is 4.07. The van der Waals surface area contributed by atoms with E-state index < -0.39 is 4.67 Å². The second-order valence-corrected chi connectivity index (χ2v) is 21.0. The van der Waals surface area contributed by atoms with Crippen molar-refractivity contribution in [2.75, 3.05) is 6.26 Å². The minimum atomic E-state index is -1.63. The van der Waals surface area contributed by atoms with Crippen molar-refractivity contribution in [1.82, 2.24) is 0 Å². The van der Waals surface area contributed by atoms with Crippen LogP contribution < -0.4 is 0 Å². The van der Waals surface area contributed by atoms with Crippen molar-refractivity contribution in [2.45, 2.75) is 0 Å². The normalized spacial score (nSPS) is 12.0. The summed E-state index contributed by atoms with van der Waals surface area (Å²) in [6, 6.07) is 0. The van der Waals surface area contributed by atoms with E-state index in [-0.39, 0.29) is 0 Å². The molecular formula is CH6S6Si. The van der Waals surface area contributed by atoms with Crippen molar-refractivity contribution in [2.24, 2.45) is 0 Å². The zero-order chi connectivity index (χ0) is 6.62. The highest BCUT2D eigenvalue weighted by Gasteiger charge is 2.24. The summed E-state index contributed by atoms with van der Waals surface area (Å²) in [5.74, 6) is 0. The van der Waals surface area contributed by atoms with Crippen LogP contribution in [0, 0.1) is 0 Å². The van der Waals surface area contributed by atoms with Gasteiger partial charge in [-0.2, -0.15) is 24.2 Å². The maximum absolute atomic E-state index is 4.30. The molecule has 0 fully saturated rings. The fourth-order valence-corrected chi connectivity index (χ4v) is 12.5. The molecule has 0 atom stereocenters. The van der Waals surface area contributed by atoms with Gasteiger partial charge in [-0.05, 0) is 6.26 Å². The Balaban J connectivity index is 3.37. The molecule has 0 unspecified atom stereocenters. The van der Waals surface area contributed by atoms with E-state index in [0.717, 1.165) is 0 Å². The number of hydrogen-bond donors (Lipinski definition) is 3. The van der Waals surface area contributed by atoms with Crippen LogP contribution in [0.5, 0.6) is 0 Å². The summed E-state index contributed by atoms with van der Waals surface area (Å²) in [6.45, 7) is 0. The lowest BCUT2D eigenvalue weighted by molar-refractivity contribution is 2.55. The van der Waals surface area contributed by atoms with E-state index in [1.807, 2.05) is 6.26 Å². The van der Waals surface area contributed by atoms with Gasteiger partial charge in [-0.25, -0.2) is 0 Å². The standard InChI is InChI=1S/CH6S6Si/c1-5-7-8(3,4)6-2/h2-4H,1H3. The Hall–Kier alpha value is 2.32. The first-order valence-electron chi connectivity index (χ1n) is 1.61. The Bertz CT molecular complexity index is 61.5. The van der Waals surface area contributed by atoms with Gasteiger partial charge in [-0.3, -0.25) is 0 Å². The summed E-state index contributed by atoms with van der Waals surface area (Å²) in [5.41, 5.74) is 0. The van der Waals surface area contributed by atoms with E-state index in [4.69, 9.17) is 0 Å². The SMILES string of the molecule is CSS[Si](S)(S)SS. The minimum absolute atomic E-state index is 1.46. The average Bonchev–Trinajstić information content (AvgIpc) is 1.67. The minimum Gasteiger partial charge on any atom is -0.168 e. The quantitative estimate of drug-likeness (QED) is 0.393. The first kappa shape index (κ1) is 10.3. The first-order valence-corrected chi connectivity index (χ1v) is 12.1. The average molecular weight is 239 g/mol. The van der Waals surface area contributed by atoms with E-state index in [9.17, 15) is 0 Å². The Kier molecular flexibility index (Phi) is 6.49. The van der Waals surface area contributed by atoms with Crippen molar-refractivity contribution in [1.29, 1.82) is 0 Å². The maximum Gasteiger partial charge on any atom is 0.315 e. The van der Waals surface area contributed by atoms with Crippen molar-refractivity contribution >= 4 is 71.8 Å². The molecule has 0 aromatic carbocycles. The molecule has 0 nitrogen and oxygen atoms in total. The summed E-state index contributed by atoms with van der Waals surface area (Å²) in [5, 5.41) is 0. The van der Waals surface area contributed by atoms with Gasteiger partial charge in [0, 0.05) is 0 Å². The van der Waals surface area contributed by atoms with Gasteiger partial charge in [-0.15, -0.1) is 22.5 Å². The largest absolute Gasteiger partial charge is 0.315 e. The predicted octanol–water partition coefficient (Wildman–Crippen LogP) is 2.87. The molecule has 0 spiro atoms. The van der Waals surface area contributed by atoms with Gasteiger partial charge in [0.1, 0.15) is 0 Å². The van der Waals surface area contributed by atoms with Crippen LogP contribution in [-0.4, -0.2) is 10.9 Å². The summed E-state index contributed by atoms with van der Waals surface area (Å²) in [6.07, 6.45) is 2.02. The third-order valence-corrected chi connectivity index (χ3v) is 20.7. The lowest BCUT2D eigenvalue weighted by Gasteiger charge is -2.11. The van der Waals surface area contributed by atoms with Gasteiger partial charge < -0.3 is 0 Å². The molecule has 0 aliphatic carbocycles.